The molecule has 25 heavy (non-hydrogen) atoms. The lowest BCUT2D eigenvalue weighted by Gasteiger charge is -2.35. The first-order valence-corrected chi connectivity index (χ1v) is 9.85. The number of rotatable bonds is 9. The van der Waals surface area contributed by atoms with Gasteiger partial charge in [-0.2, -0.15) is 0 Å². The molecule has 5 nitrogen and oxygen atoms in total. The standard InChI is InChI=1S/C19H32N4OS/c1-15(2)14-17(18(25)22-16-8-5-4-6-9-16)23(12-13-24-3)19-20-10-7-11-21-19/h7,10-11,15-17H,4-6,8-9,12-14H2,1-3H3,(H,22,25). The van der Waals surface area contributed by atoms with Crippen molar-refractivity contribution in [2.24, 2.45) is 5.92 Å². The molecule has 1 saturated carbocycles. The van der Waals surface area contributed by atoms with Crippen LogP contribution in [0, 0.1) is 5.92 Å². The van der Waals surface area contributed by atoms with E-state index in [1.54, 1.807) is 19.5 Å². The average molecular weight is 365 g/mol. The monoisotopic (exact) mass is 364 g/mol. The van der Waals surface area contributed by atoms with Crippen LogP contribution in [0.4, 0.5) is 5.95 Å². The number of ether oxygens (including phenoxy) is 1. The zero-order valence-corrected chi connectivity index (χ0v) is 16.6. The molecule has 0 amide bonds. The Balaban J connectivity index is 2.16. The number of hydrogen-bond donors (Lipinski definition) is 1. The summed E-state index contributed by atoms with van der Waals surface area (Å²) in [6.45, 7) is 5.82. The SMILES string of the molecule is COCCN(c1ncccn1)C(CC(C)C)C(=S)NC1CCCCC1. The molecule has 0 spiro atoms. The normalized spacial score (nSPS) is 16.6. The molecule has 1 heterocycles. The quantitative estimate of drug-likeness (QED) is 0.676. The number of aromatic nitrogens is 2. The number of anilines is 1. The molecule has 1 N–H and O–H groups in total. The molecule has 1 aliphatic carbocycles. The Labute approximate surface area is 157 Å². The van der Waals surface area contributed by atoms with Crippen molar-refractivity contribution in [1.29, 1.82) is 0 Å². The van der Waals surface area contributed by atoms with Gasteiger partial charge >= 0.3 is 0 Å². The Bertz CT molecular complexity index is 505. The number of hydrogen-bond acceptors (Lipinski definition) is 5. The summed E-state index contributed by atoms with van der Waals surface area (Å²) >= 11 is 5.85. The fraction of sp³-hybridized carbons (Fsp3) is 0.737. The first-order chi connectivity index (χ1) is 12.1. The second-order valence-corrected chi connectivity index (χ2v) is 7.66. The van der Waals surface area contributed by atoms with Crippen LogP contribution in [-0.2, 0) is 4.74 Å². The molecule has 1 fully saturated rings. The predicted molar refractivity (Wildman–Crippen MR) is 107 cm³/mol. The van der Waals surface area contributed by atoms with Gasteiger partial charge in [0.1, 0.15) is 0 Å². The molecule has 2 rings (SSSR count). The van der Waals surface area contributed by atoms with E-state index in [1.165, 1.54) is 32.1 Å². The van der Waals surface area contributed by atoms with Crippen molar-refractivity contribution in [2.75, 3.05) is 25.2 Å². The minimum Gasteiger partial charge on any atom is -0.383 e. The summed E-state index contributed by atoms with van der Waals surface area (Å²) in [5.41, 5.74) is 0. The lowest BCUT2D eigenvalue weighted by molar-refractivity contribution is 0.203. The number of nitrogens with one attached hydrogen (secondary N) is 1. The van der Waals surface area contributed by atoms with Gasteiger partial charge in [0.2, 0.25) is 5.95 Å². The summed E-state index contributed by atoms with van der Waals surface area (Å²) in [5.74, 6) is 1.25. The van der Waals surface area contributed by atoms with E-state index in [9.17, 15) is 0 Å². The van der Waals surface area contributed by atoms with E-state index in [1.807, 2.05) is 6.07 Å². The molecular weight excluding hydrogens is 332 g/mol. The van der Waals surface area contributed by atoms with E-state index >= 15 is 0 Å². The van der Waals surface area contributed by atoms with Gasteiger partial charge in [0.15, 0.2) is 0 Å². The van der Waals surface area contributed by atoms with Gasteiger partial charge in [-0.3, -0.25) is 0 Å². The fourth-order valence-corrected chi connectivity index (χ4v) is 3.78. The van der Waals surface area contributed by atoms with Crippen LogP contribution >= 0.6 is 12.2 Å². The minimum absolute atomic E-state index is 0.0921. The van der Waals surface area contributed by atoms with E-state index in [-0.39, 0.29) is 6.04 Å². The Morgan fingerprint density at radius 3 is 2.56 bits per heavy atom. The van der Waals surface area contributed by atoms with Gasteiger partial charge in [-0.25, -0.2) is 9.97 Å². The third-order valence-electron chi connectivity index (χ3n) is 4.67. The van der Waals surface area contributed by atoms with Crippen LogP contribution in [0.5, 0.6) is 0 Å². The van der Waals surface area contributed by atoms with Crippen LogP contribution < -0.4 is 10.2 Å². The zero-order valence-electron chi connectivity index (χ0n) is 15.8. The first kappa shape index (κ1) is 20.0. The Morgan fingerprint density at radius 2 is 1.96 bits per heavy atom. The molecule has 0 saturated heterocycles. The molecule has 0 bridgehead atoms. The maximum Gasteiger partial charge on any atom is 0.225 e. The summed E-state index contributed by atoms with van der Waals surface area (Å²) in [5, 5.41) is 3.64. The van der Waals surface area contributed by atoms with Crippen molar-refractivity contribution < 1.29 is 4.74 Å². The summed E-state index contributed by atoms with van der Waals surface area (Å²) in [6.07, 6.45) is 10.9. The average Bonchev–Trinajstić information content (AvgIpc) is 2.62. The van der Waals surface area contributed by atoms with Crippen molar-refractivity contribution in [3.63, 3.8) is 0 Å². The van der Waals surface area contributed by atoms with Crippen LogP contribution in [0.15, 0.2) is 18.5 Å². The van der Waals surface area contributed by atoms with Gasteiger partial charge in [-0.05, 0) is 31.2 Å². The highest BCUT2D eigenvalue weighted by molar-refractivity contribution is 7.80. The van der Waals surface area contributed by atoms with Crippen LogP contribution in [0.1, 0.15) is 52.4 Å². The van der Waals surface area contributed by atoms with Crippen molar-refractivity contribution in [3.05, 3.63) is 18.5 Å². The Hall–Kier alpha value is -1.27. The number of methoxy groups -OCH3 is 1. The molecule has 1 aliphatic rings. The van der Waals surface area contributed by atoms with E-state index in [0.717, 1.165) is 23.9 Å². The molecule has 0 aromatic carbocycles. The van der Waals surface area contributed by atoms with E-state index in [2.05, 4.69) is 34.0 Å². The van der Waals surface area contributed by atoms with Crippen molar-refractivity contribution in [1.82, 2.24) is 15.3 Å². The lowest BCUT2D eigenvalue weighted by Crippen LogP contribution is -2.51. The topological polar surface area (TPSA) is 50.3 Å². The second kappa shape index (κ2) is 10.7. The van der Waals surface area contributed by atoms with Gasteiger partial charge < -0.3 is 15.0 Å². The van der Waals surface area contributed by atoms with Gasteiger partial charge in [0, 0.05) is 32.1 Å². The summed E-state index contributed by atoms with van der Waals surface area (Å²) in [4.78, 5) is 12.0. The van der Waals surface area contributed by atoms with Crippen molar-refractivity contribution in [3.8, 4) is 0 Å². The lowest BCUT2D eigenvalue weighted by atomic mass is 9.94. The van der Waals surface area contributed by atoms with Gasteiger partial charge in [0.25, 0.3) is 0 Å². The molecule has 1 aromatic rings. The molecule has 0 radical (unpaired) electrons. The number of nitrogens with zero attached hydrogens (tertiary/aromatic N) is 3. The zero-order chi connectivity index (χ0) is 18.1. The largest absolute Gasteiger partial charge is 0.383 e. The first-order valence-electron chi connectivity index (χ1n) is 9.44. The highest BCUT2D eigenvalue weighted by Gasteiger charge is 2.27. The second-order valence-electron chi connectivity index (χ2n) is 7.22. The van der Waals surface area contributed by atoms with Crippen LogP contribution in [-0.4, -0.2) is 47.3 Å². The summed E-state index contributed by atoms with van der Waals surface area (Å²) < 4.78 is 5.32. The molecule has 1 unspecified atom stereocenters. The van der Waals surface area contributed by atoms with Gasteiger partial charge in [0.05, 0.1) is 17.6 Å². The van der Waals surface area contributed by atoms with E-state index < -0.39 is 0 Å². The van der Waals surface area contributed by atoms with Crippen molar-refractivity contribution in [2.45, 2.75) is 64.5 Å². The maximum absolute atomic E-state index is 5.85. The highest BCUT2D eigenvalue weighted by atomic mass is 32.1. The molecule has 1 aromatic heterocycles. The third-order valence-corrected chi connectivity index (χ3v) is 5.06. The van der Waals surface area contributed by atoms with E-state index in [4.69, 9.17) is 17.0 Å². The summed E-state index contributed by atoms with van der Waals surface area (Å²) in [7, 11) is 1.72. The maximum atomic E-state index is 5.85. The molecule has 0 aliphatic heterocycles. The van der Waals surface area contributed by atoms with Crippen LogP contribution in [0.25, 0.3) is 0 Å². The van der Waals surface area contributed by atoms with Crippen LogP contribution in [0.2, 0.25) is 0 Å². The molecule has 6 heteroatoms. The van der Waals surface area contributed by atoms with Gasteiger partial charge in [-0.15, -0.1) is 0 Å². The van der Waals surface area contributed by atoms with Crippen molar-refractivity contribution >= 4 is 23.2 Å². The Kier molecular flexibility index (Phi) is 8.55. The van der Waals surface area contributed by atoms with Gasteiger partial charge in [-0.1, -0.05) is 45.3 Å². The summed E-state index contributed by atoms with van der Waals surface area (Å²) in [6, 6.07) is 2.44. The molecular formula is C19H32N4OS. The van der Waals surface area contributed by atoms with Crippen LogP contribution in [0.3, 0.4) is 0 Å². The Morgan fingerprint density at radius 1 is 1.28 bits per heavy atom. The fourth-order valence-electron chi connectivity index (χ4n) is 3.39. The molecule has 140 valence electrons. The van der Waals surface area contributed by atoms with E-state index in [0.29, 0.717) is 18.6 Å². The highest BCUT2D eigenvalue weighted by Crippen LogP contribution is 2.21. The molecule has 1 atom stereocenters. The minimum atomic E-state index is 0.0921. The number of thiocarbonyl (C=S) groups is 1. The third kappa shape index (κ3) is 6.51. The smallest absolute Gasteiger partial charge is 0.225 e. The predicted octanol–water partition coefficient (Wildman–Crippen LogP) is 3.59.